The van der Waals surface area contributed by atoms with Gasteiger partial charge in [-0.2, -0.15) is 0 Å². The van der Waals surface area contributed by atoms with Crippen LogP contribution >= 0.6 is 0 Å². The molecular formula is C10H16O. The number of fused-ring (bicyclic) bond motifs is 2. The van der Waals surface area contributed by atoms with Gasteiger partial charge in [0.2, 0.25) is 0 Å². The van der Waals surface area contributed by atoms with Crippen LogP contribution in [-0.4, -0.2) is 6.29 Å². The van der Waals surface area contributed by atoms with Gasteiger partial charge in [-0.15, -0.1) is 0 Å². The predicted molar refractivity (Wildman–Crippen MR) is 44.2 cm³/mol. The van der Waals surface area contributed by atoms with Gasteiger partial charge in [0, 0.05) is 5.41 Å². The standard InChI is InChI=1S/C10H16O/c1-7-8-3-4-9(7)10(2,5-8)6-11/h6-9H,3-5H2,1-2H3/t7-,8+,9+,10-/m0/s1. The molecule has 0 aromatic heterocycles. The number of carbonyl (C=O) groups excluding carboxylic acids is 1. The molecule has 0 aromatic carbocycles. The summed E-state index contributed by atoms with van der Waals surface area (Å²) >= 11 is 0. The molecule has 0 radical (unpaired) electrons. The van der Waals surface area contributed by atoms with Gasteiger partial charge in [-0.3, -0.25) is 0 Å². The van der Waals surface area contributed by atoms with E-state index in [1.807, 2.05) is 0 Å². The molecule has 0 heterocycles. The summed E-state index contributed by atoms with van der Waals surface area (Å²) < 4.78 is 0. The highest BCUT2D eigenvalue weighted by Crippen LogP contribution is 2.57. The molecule has 0 N–H and O–H groups in total. The topological polar surface area (TPSA) is 17.1 Å². The average molecular weight is 152 g/mol. The summed E-state index contributed by atoms with van der Waals surface area (Å²) in [5.41, 5.74) is 0.0440. The molecular weight excluding hydrogens is 136 g/mol. The largest absolute Gasteiger partial charge is 0.303 e. The van der Waals surface area contributed by atoms with Gasteiger partial charge in [0.15, 0.2) is 0 Å². The Kier molecular flexibility index (Phi) is 1.39. The Labute approximate surface area is 68.2 Å². The van der Waals surface area contributed by atoms with Gasteiger partial charge in [-0.1, -0.05) is 13.8 Å². The minimum absolute atomic E-state index is 0.0440. The lowest BCUT2D eigenvalue weighted by Gasteiger charge is -2.27. The van der Waals surface area contributed by atoms with Crippen LogP contribution in [0.4, 0.5) is 0 Å². The van der Waals surface area contributed by atoms with Gasteiger partial charge in [-0.25, -0.2) is 0 Å². The van der Waals surface area contributed by atoms with Gasteiger partial charge < -0.3 is 4.79 Å². The molecule has 0 unspecified atom stereocenters. The van der Waals surface area contributed by atoms with Crippen molar-refractivity contribution in [2.45, 2.75) is 33.1 Å². The van der Waals surface area contributed by atoms with E-state index in [2.05, 4.69) is 13.8 Å². The molecule has 62 valence electrons. The molecule has 2 saturated carbocycles. The van der Waals surface area contributed by atoms with E-state index in [1.165, 1.54) is 19.1 Å². The third-order valence-electron chi connectivity index (χ3n) is 4.05. The van der Waals surface area contributed by atoms with Gasteiger partial charge >= 0.3 is 0 Å². The maximum absolute atomic E-state index is 10.9. The Hall–Kier alpha value is -0.330. The van der Waals surface area contributed by atoms with Crippen molar-refractivity contribution in [2.24, 2.45) is 23.2 Å². The zero-order chi connectivity index (χ0) is 8.06. The zero-order valence-electron chi connectivity index (χ0n) is 7.34. The second-order valence-electron chi connectivity index (χ2n) is 4.63. The fourth-order valence-corrected chi connectivity index (χ4v) is 3.32. The number of carbonyl (C=O) groups is 1. The lowest BCUT2D eigenvalue weighted by Crippen LogP contribution is -2.26. The quantitative estimate of drug-likeness (QED) is 0.527. The van der Waals surface area contributed by atoms with Crippen LogP contribution in [0.5, 0.6) is 0 Å². The Morgan fingerprint density at radius 3 is 2.45 bits per heavy atom. The Bertz CT molecular complexity index is 187. The first-order chi connectivity index (χ1) is 5.17. The fraction of sp³-hybridized carbons (Fsp3) is 0.900. The fourth-order valence-electron chi connectivity index (χ4n) is 3.32. The Morgan fingerprint density at radius 2 is 2.18 bits per heavy atom. The molecule has 0 aliphatic heterocycles. The van der Waals surface area contributed by atoms with Crippen LogP contribution in [0.25, 0.3) is 0 Å². The first-order valence-corrected chi connectivity index (χ1v) is 4.64. The van der Waals surface area contributed by atoms with E-state index in [4.69, 9.17) is 0 Å². The molecule has 2 fully saturated rings. The van der Waals surface area contributed by atoms with E-state index in [1.54, 1.807) is 0 Å². The molecule has 2 aliphatic rings. The van der Waals surface area contributed by atoms with Gasteiger partial charge in [0.1, 0.15) is 6.29 Å². The zero-order valence-corrected chi connectivity index (χ0v) is 7.34. The van der Waals surface area contributed by atoms with Crippen LogP contribution < -0.4 is 0 Å². The molecule has 1 heteroatoms. The summed E-state index contributed by atoms with van der Waals surface area (Å²) in [5.74, 6) is 2.37. The third-order valence-corrected chi connectivity index (χ3v) is 4.05. The SMILES string of the molecule is C[C@H]1[C@@H]2CC[C@H]1[C@](C)(C=O)C2. The third kappa shape index (κ3) is 0.800. The van der Waals surface area contributed by atoms with Crippen LogP contribution in [0, 0.1) is 23.2 Å². The summed E-state index contributed by atoms with van der Waals surface area (Å²) in [6, 6.07) is 0. The monoisotopic (exact) mass is 152 g/mol. The summed E-state index contributed by atoms with van der Waals surface area (Å²) in [5, 5.41) is 0. The molecule has 0 spiro atoms. The van der Waals surface area contributed by atoms with Gasteiger partial charge in [0.25, 0.3) is 0 Å². The van der Waals surface area contributed by atoms with Crippen molar-refractivity contribution in [1.82, 2.24) is 0 Å². The number of aldehydes is 1. The Morgan fingerprint density at radius 1 is 1.45 bits per heavy atom. The second kappa shape index (κ2) is 2.09. The highest BCUT2D eigenvalue weighted by atomic mass is 16.1. The lowest BCUT2D eigenvalue weighted by molar-refractivity contribution is -0.118. The molecule has 1 nitrogen and oxygen atoms in total. The second-order valence-corrected chi connectivity index (χ2v) is 4.63. The van der Waals surface area contributed by atoms with Crippen molar-refractivity contribution in [3.63, 3.8) is 0 Å². The minimum Gasteiger partial charge on any atom is -0.303 e. The maximum Gasteiger partial charge on any atom is 0.126 e. The Balaban J connectivity index is 2.26. The van der Waals surface area contributed by atoms with Crippen LogP contribution in [0.15, 0.2) is 0 Å². The van der Waals surface area contributed by atoms with Crippen LogP contribution in [0.3, 0.4) is 0 Å². The highest BCUT2D eigenvalue weighted by Gasteiger charge is 2.52. The van der Waals surface area contributed by atoms with E-state index in [9.17, 15) is 4.79 Å². The summed E-state index contributed by atoms with van der Waals surface area (Å²) in [6.45, 7) is 4.46. The number of hydrogen-bond acceptors (Lipinski definition) is 1. The van der Waals surface area contributed by atoms with E-state index in [0.717, 1.165) is 18.3 Å². The maximum atomic E-state index is 10.9. The van der Waals surface area contributed by atoms with Crippen LogP contribution in [-0.2, 0) is 4.79 Å². The summed E-state index contributed by atoms with van der Waals surface area (Å²) in [7, 11) is 0. The molecule has 4 atom stereocenters. The van der Waals surface area contributed by atoms with Crippen molar-refractivity contribution >= 4 is 6.29 Å². The van der Waals surface area contributed by atoms with E-state index >= 15 is 0 Å². The summed E-state index contributed by atoms with van der Waals surface area (Å²) in [4.78, 5) is 10.9. The van der Waals surface area contributed by atoms with Gasteiger partial charge in [-0.05, 0) is 37.0 Å². The van der Waals surface area contributed by atoms with Crippen molar-refractivity contribution in [3.8, 4) is 0 Å². The van der Waals surface area contributed by atoms with Crippen molar-refractivity contribution in [2.75, 3.05) is 0 Å². The van der Waals surface area contributed by atoms with Crippen molar-refractivity contribution in [3.05, 3.63) is 0 Å². The molecule has 0 saturated heterocycles. The first-order valence-electron chi connectivity index (χ1n) is 4.64. The van der Waals surface area contributed by atoms with Crippen LogP contribution in [0.2, 0.25) is 0 Å². The molecule has 0 aromatic rings. The van der Waals surface area contributed by atoms with E-state index in [-0.39, 0.29) is 5.41 Å². The van der Waals surface area contributed by atoms with Crippen molar-refractivity contribution in [1.29, 1.82) is 0 Å². The minimum atomic E-state index is 0.0440. The molecule has 11 heavy (non-hydrogen) atoms. The smallest absolute Gasteiger partial charge is 0.126 e. The van der Waals surface area contributed by atoms with E-state index in [0.29, 0.717) is 5.92 Å². The number of rotatable bonds is 1. The number of hydrogen-bond donors (Lipinski definition) is 0. The van der Waals surface area contributed by atoms with Gasteiger partial charge in [0.05, 0.1) is 0 Å². The lowest BCUT2D eigenvalue weighted by atomic mass is 9.75. The van der Waals surface area contributed by atoms with Crippen LogP contribution in [0.1, 0.15) is 33.1 Å². The van der Waals surface area contributed by atoms with E-state index < -0.39 is 0 Å². The average Bonchev–Trinajstić information content (AvgIpc) is 2.44. The van der Waals surface area contributed by atoms with Crippen molar-refractivity contribution < 1.29 is 4.79 Å². The molecule has 2 rings (SSSR count). The molecule has 0 amide bonds. The summed E-state index contributed by atoms with van der Waals surface area (Å²) in [6.07, 6.45) is 5.02. The predicted octanol–water partition coefficient (Wildman–Crippen LogP) is 2.26. The normalized spacial score (nSPS) is 54.9. The molecule has 2 aliphatic carbocycles. The molecule has 2 bridgehead atoms. The first kappa shape index (κ1) is 7.33. The highest BCUT2D eigenvalue weighted by molar-refractivity contribution is 5.60.